The Bertz CT molecular complexity index is 851. The maximum Gasteiger partial charge on any atom is 0.216 e. The standard InChI is InChI=1S/C15H9FN4O/c16-12-4-2-1-3-11(12)13-8-15(21)20(19-13)14-7-10(9-17)5-6-18-14/h1-8,21H. The molecule has 1 aromatic carbocycles. The Kier molecular flexibility index (Phi) is 3.09. The molecular formula is C15H9FN4O. The van der Waals surface area contributed by atoms with Crippen LogP contribution in [-0.4, -0.2) is 19.9 Å². The summed E-state index contributed by atoms with van der Waals surface area (Å²) in [5.74, 6) is -0.328. The van der Waals surface area contributed by atoms with Crippen LogP contribution in [0.3, 0.4) is 0 Å². The maximum absolute atomic E-state index is 13.7. The zero-order valence-electron chi connectivity index (χ0n) is 10.7. The van der Waals surface area contributed by atoms with Crippen LogP contribution in [0.1, 0.15) is 5.56 Å². The third kappa shape index (κ3) is 2.32. The number of rotatable bonds is 2. The molecule has 2 heterocycles. The van der Waals surface area contributed by atoms with Crippen LogP contribution in [0.5, 0.6) is 5.88 Å². The normalized spacial score (nSPS) is 10.3. The smallest absolute Gasteiger partial charge is 0.216 e. The Balaban J connectivity index is 2.10. The minimum atomic E-state index is -0.430. The number of benzene rings is 1. The SMILES string of the molecule is N#Cc1ccnc(-n2nc(-c3ccccc3F)cc2O)c1. The van der Waals surface area contributed by atoms with E-state index in [1.165, 1.54) is 24.4 Å². The average molecular weight is 280 g/mol. The zero-order valence-corrected chi connectivity index (χ0v) is 10.7. The van der Waals surface area contributed by atoms with Crippen LogP contribution in [0.4, 0.5) is 4.39 Å². The van der Waals surface area contributed by atoms with Crippen LogP contribution < -0.4 is 0 Å². The van der Waals surface area contributed by atoms with E-state index in [9.17, 15) is 9.50 Å². The number of hydrogen-bond acceptors (Lipinski definition) is 4. The topological polar surface area (TPSA) is 74.7 Å². The molecule has 0 fully saturated rings. The van der Waals surface area contributed by atoms with Gasteiger partial charge in [0.05, 0.1) is 17.3 Å². The van der Waals surface area contributed by atoms with E-state index in [0.717, 1.165) is 4.68 Å². The predicted molar refractivity (Wildman–Crippen MR) is 73.1 cm³/mol. The summed E-state index contributed by atoms with van der Waals surface area (Å²) in [5.41, 5.74) is 0.958. The third-order valence-electron chi connectivity index (χ3n) is 2.93. The van der Waals surface area contributed by atoms with E-state index in [4.69, 9.17) is 5.26 Å². The summed E-state index contributed by atoms with van der Waals surface area (Å²) >= 11 is 0. The van der Waals surface area contributed by atoms with Crippen molar-refractivity contribution in [2.45, 2.75) is 0 Å². The van der Waals surface area contributed by atoms with E-state index >= 15 is 0 Å². The van der Waals surface area contributed by atoms with Crippen LogP contribution >= 0.6 is 0 Å². The summed E-state index contributed by atoms with van der Waals surface area (Å²) in [4.78, 5) is 4.04. The quantitative estimate of drug-likeness (QED) is 0.783. The molecule has 0 atom stereocenters. The Labute approximate surface area is 119 Å². The van der Waals surface area contributed by atoms with Crippen molar-refractivity contribution in [3.63, 3.8) is 0 Å². The van der Waals surface area contributed by atoms with Gasteiger partial charge in [0.1, 0.15) is 5.82 Å². The van der Waals surface area contributed by atoms with Gasteiger partial charge in [0, 0.05) is 23.9 Å². The van der Waals surface area contributed by atoms with Crippen molar-refractivity contribution < 1.29 is 9.50 Å². The van der Waals surface area contributed by atoms with Gasteiger partial charge in [-0.1, -0.05) is 12.1 Å². The van der Waals surface area contributed by atoms with Gasteiger partial charge in [0.15, 0.2) is 5.82 Å². The van der Waals surface area contributed by atoms with Gasteiger partial charge in [0.2, 0.25) is 5.88 Å². The van der Waals surface area contributed by atoms with Crippen LogP contribution in [0.2, 0.25) is 0 Å². The van der Waals surface area contributed by atoms with E-state index in [1.807, 2.05) is 6.07 Å². The van der Waals surface area contributed by atoms with Gasteiger partial charge in [-0.05, 0) is 18.2 Å². The van der Waals surface area contributed by atoms with E-state index in [0.29, 0.717) is 5.56 Å². The highest BCUT2D eigenvalue weighted by Crippen LogP contribution is 2.26. The molecular weight excluding hydrogens is 271 g/mol. The molecule has 1 N–H and O–H groups in total. The second-order valence-corrected chi connectivity index (χ2v) is 4.29. The van der Waals surface area contributed by atoms with Gasteiger partial charge >= 0.3 is 0 Å². The summed E-state index contributed by atoms with van der Waals surface area (Å²) in [6.07, 6.45) is 1.44. The lowest BCUT2D eigenvalue weighted by molar-refractivity contribution is 0.432. The molecule has 6 heteroatoms. The molecule has 5 nitrogen and oxygen atoms in total. The minimum Gasteiger partial charge on any atom is -0.493 e. The summed E-state index contributed by atoms with van der Waals surface area (Å²) in [5, 5.41) is 23.0. The predicted octanol–water partition coefficient (Wildman–Crippen LogP) is 2.65. The number of pyridine rings is 1. The van der Waals surface area contributed by atoms with Crippen molar-refractivity contribution in [2.75, 3.05) is 0 Å². The van der Waals surface area contributed by atoms with E-state index in [1.54, 1.807) is 24.3 Å². The van der Waals surface area contributed by atoms with Crippen molar-refractivity contribution in [1.82, 2.24) is 14.8 Å². The highest BCUT2D eigenvalue weighted by molar-refractivity contribution is 5.61. The fourth-order valence-corrected chi connectivity index (χ4v) is 1.94. The number of halogens is 1. The van der Waals surface area contributed by atoms with Crippen LogP contribution in [0, 0.1) is 17.1 Å². The molecule has 2 aromatic heterocycles. The molecule has 0 aliphatic carbocycles. The largest absolute Gasteiger partial charge is 0.493 e. The Morgan fingerprint density at radius 1 is 1.19 bits per heavy atom. The van der Waals surface area contributed by atoms with Crippen molar-refractivity contribution in [3.05, 3.63) is 60.0 Å². The summed E-state index contributed by atoms with van der Waals surface area (Å²) in [6.45, 7) is 0. The first kappa shape index (κ1) is 12.8. The second-order valence-electron chi connectivity index (χ2n) is 4.29. The van der Waals surface area contributed by atoms with Crippen LogP contribution in [-0.2, 0) is 0 Å². The molecule has 0 bridgehead atoms. The van der Waals surface area contributed by atoms with E-state index in [-0.39, 0.29) is 23.0 Å². The summed E-state index contributed by atoms with van der Waals surface area (Å²) in [6, 6.07) is 12.5. The highest BCUT2D eigenvalue weighted by atomic mass is 19.1. The van der Waals surface area contributed by atoms with Gasteiger partial charge in [0.25, 0.3) is 0 Å². The van der Waals surface area contributed by atoms with Gasteiger partial charge in [-0.25, -0.2) is 9.37 Å². The van der Waals surface area contributed by atoms with E-state index in [2.05, 4.69) is 10.1 Å². The first-order valence-electron chi connectivity index (χ1n) is 6.09. The Morgan fingerprint density at radius 2 is 2.00 bits per heavy atom. The molecule has 0 unspecified atom stereocenters. The Morgan fingerprint density at radius 3 is 2.76 bits per heavy atom. The fraction of sp³-hybridized carbons (Fsp3) is 0. The lowest BCUT2D eigenvalue weighted by Gasteiger charge is -2.02. The van der Waals surface area contributed by atoms with Gasteiger partial charge in [-0.15, -0.1) is 0 Å². The number of hydrogen-bond donors (Lipinski definition) is 1. The van der Waals surface area contributed by atoms with E-state index < -0.39 is 5.82 Å². The highest BCUT2D eigenvalue weighted by Gasteiger charge is 2.14. The molecule has 3 aromatic rings. The molecule has 102 valence electrons. The average Bonchev–Trinajstić information content (AvgIpc) is 2.89. The monoisotopic (exact) mass is 280 g/mol. The molecule has 0 saturated carbocycles. The van der Waals surface area contributed by atoms with Crippen molar-refractivity contribution in [1.29, 1.82) is 5.26 Å². The Hall–Kier alpha value is -3.20. The lowest BCUT2D eigenvalue weighted by atomic mass is 10.1. The van der Waals surface area contributed by atoms with Gasteiger partial charge < -0.3 is 5.11 Å². The lowest BCUT2D eigenvalue weighted by Crippen LogP contribution is -1.99. The summed E-state index contributed by atoms with van der Waals surface area (Å²) in [7, 11) is 0. The first-order valence-corrected chi connectivity index (χ1v) is 6.09. The molecule has 0 saturated heterocycles. The molecule has 0 aliphatic heterocycles. The second kappa shape index (κ2) is 5.06. The molecule has 3 rings (SSSR count). The van der Waals surface area contributed by atoms with Gasteiger partial charge in [-0.3, -0.25) is 0 Å². The van der Waals surface area contributed by atoms with Crippen LogP contribution in [0.25, 0.3) is 17.1 Å². The molecule has 0 aliphatic rings. The van der Waals surface area contributed by atoms with Crippen LogP contribution in [0.15, 0.2) is 48.7 Å². The van der Waals surface area contributed by atoms with Crippen molar-refractivity contribution in [2.24, 2.45) is 0 Å². The number of nitriles is 1. The fourth-order valence-electron chi connectivity index (χ4n) is 1.94. The van der Waals surface area contributed by atoms with Crippen molar-refractivity contribution in [3.8, 4) is 29.0 Å². The molecule has 0 amide bonds. The van der Waals surface area contributed by atoms with Gasteiger partial charge in [-0.2, -0.15) is 15.0 Å². The number of nitrogens with zero attached hydrogens (tertiary/aromatic N) is 4. The molecule has 21 heavy (non-hydrogen) atoms. The number of aromatic nitrogens is 3. The maximum atomic E-state index is 13.7. The zero-order chi connectivity index (χ0) is 14.8. The first-order chi connectivity index (χ1) is 10.2. The summed E-state index contributed by atoms with van der Waals surface area (Å²) < 4.78 is 14.9. The molecule has 0 spiro atoms. The molecule has 0 radical (unpaired) electrons. The van der Waals surface area contributed by atoms with Crippen molar-refractivity contribution >= 4 is 0 Å². The third-order valence-corrected chi connectivity index (χ3v) is 2.93. The minimum absolute atomic E-state index is 0.184. The number of aromatic hydroxyl groups is 1.